The smallest absolute Gasteiger partial charge is 0.280 e. The maximum atomic E-state index is 13.3. The molecule has 2 aromatic carbocycles. The summed E-state index contributed by atoms with van der Waals surface area (Å²) in [6.07, 6.45) is 11.2. The van der Waals surface area contributed by atoms with Gasteiger partial charge >= 0.3 is 0 Å². The van der Waals surface area contributed by atoms with Crippen LogP contribution in [0.1, 0.15) is 17.6 Å². The van der Waals surface area contributed by atoms with Crippen LogP contribution in [-0.2, 0) is 46.0 Å². The molecule has 2 saturated heterocycles. The van der Waals surface area contributed by atoms with Crippen molar-refractivity contribution < 1.29 is 23.6 Å². The molecule has 2 amide bonds. The first-order valence-corrected chi connectivity index (χ1v) is 24.5. The van der Waals surface area contributed by atoms with E-state index in [0.717, 1.165) is 103 Å². The van der Waals surface area contributed by atoms with Crippen molar-refractivity contribution in [2.75, 3.05) is 66.4 Å². The minimum Gasteiger partial charge on any atom is -0.378 e. The first-order valence-electron chi connectivity index (χ1n) is 24.5. The molecule has 0 radical (unpaired) electrons. The molecule has 0 saturated carbocycles. The van der Waals surface area contributed by atoms with Crippen molar-refractivity contribution in [3.8, 4) is 45.2 Å². The molecule has 74 heavy (non-hydrogen) atoms. The fraction of sp³-hybridized carbons (Fsp3) is 0.218. The maximum Gasteiger partial charge on any atom is 0.280 e. The number of benzene rings is 2. The van der Waals surface area contributed by atoms with Gasteiger partial charge in [0.15, 0.2) is 18.2 Å². The molecule has 0 spiro atoms. The zero-order valence-electron chi connectivity index (χ0n) is 40.8. The van der Waals surface area contributed by atoms with E-state index in [1.165, 1.54) is 0 Å². The SMILES string of the molecule is Cn1nc(-c2ccncc2)cc1CC(=O)Nc1ccc(-c2cc3c(N4CCOC([n+]5ccc(-c6cc(CC(=O)Nc7ccc(-c8nc9c(N%10CCOCC%10)nccc9[nH]8)cc7)n(C)n6)cc5)C4)nccc3[nH]2)cc1. The second-order valence-corrected chi connectivity index (χ2v) is 18.4. The third-order valence-electron chi connectivity index (χ3n) is 13.6. The van der Waals surface area contributed by atoms with Crippen molar-refractivity contribution in [1.29, 1.82) is 0 Å². The lowest BCUT2D eigenvalue weighted by Gasteiger charge is -2.31. The summed E-state index contributed by atoms with van der Waals surface area (Å²) in [6, 6.07) is 33.3. The molecule has 0 bridgehead atoms. The molecule has 12 rings (SSSR count). The fourth-order valence-corrected chi connectivity index (χ4v) is 9.65. The number of nitrogens with zero attached hydrogens (tertiary/aromatic N) is 11. The fourth-order valence-electron chi connectivity index (χ4n) is 9.65. The summed E-state index contributed by atoms with van der Waals surface area (Å²) >= 11 is 0. The van der Waals surface area contributed by atoms with Crippen LogP contribution in [0, 0.1) is 0 Å². The third kappa shape index (κ3) is 9.56. The van der Waals surface area contributed by atoms with Crippen LogP contribution in [0.5, 0.6) is 0 Å². The summed E-state index contributed by atoms with van der Waals surface area (Å²) in [4.78, 5) is 56.3. The van der Waals surface area contributed by atoms with Gasteiger partial charge in [-0.05, 0) is 84.4 Å². The van der Waals surface area contributed by atoms with E-state index in [-0.39, 0.29) is 30.9 Å². The Hall–Kier alpha value is -9.07. The number of aromatic nitrogens is 11. The zero-order valence-corrected chi connectivity index (χ0v) is 40.8. The van der Waals surface area contributed by atoms with Gasteiger partial charge in [-0.2, -0.15) is 14.8 Å². The van der Waals surface area contributed by atoms with Gasteiger partial charge in [-0.3, -0.25) is 23.9 Å². The lowest BCUT2D eigenvalue weighted by Crippen LogP contribution is -2.51. The first kappa shape index (κ1) is 46.0. The van der Waals surface area contributed by atoms with E-state index in [1.807, 2.05) is 130 Å². The molecular weight excluding hydrogens is 935 g/mol. The number of carbonyl (C=O) groups is 2. The van der Waals surface area contributed by atoms with Crippen molar-refractivity contribution in [2.24, 2.45) is 14.1 Å². The highest BCUT2D eigenvalue weighted by Gasteiger charge is 2.30. The average Bonchev–Trinajstić information content (AvgIpc) is 4.25. The van der Waals surface area contributed by atoms with Crippen LogP contribution in [-0.4, -0.2) is 107 Å². The van der Waals surface area contributed by atoms with Crippen LogP contribution in [0.3, 0.4) is 0 Å². The van der Waals surface area contributed by atoms with Crippen molar-refractivity contribution in [1.82, 2.24) is 49.5 Å². The molecule has 8 aromatic heterocycles. The third-order valence-corrected chi connectivity index (χ3v) is 13.6. The second-order valence-electron chi connectivity index (χ2n) is 18.4. The number of aryl methyl sites for hydroxylation is 2. The highest BCUT2D eigenvalue weighted by atomic mass is 16.5. The Morgan fingerprint density at radius 2 is 1.23 bits per heavy atom. The summed E-state index contributed by atoms with van der Waals surface area (Å²) < 4.78 is 17.4. The van der Waals surface area contributed by atoms with Gasteiger partial charge in [0.2, 0.25) is 11.8 Å². The van der Waals surface area contributed by atoms with Gasteiger partial charge in [0.05, 0.1) is 55.1 Å². The van der Waals surface area contributed by atoms with Gasteiger partial charge in [-0.25, -0.2) is 15.0 Å². The number of fused-ring (bicyclic) bond motifs is 2. The van der Waals surface area contributed by atoms with Gasteiger partial charge in [-0.15, -0.1) is 0 Å². The molecule has 2 aliphatic rings. The Kier molecular flexibility index (Phi) is 12.3. The van der Waals surface area contributed by atoms with Crippen LogP contribution in [0.25, 0.3) is 67.1 Å². The van der Waals surface area contributed by atoms with Crippen LogP contribution in [0.15, 0.2) is 140 Å². The van der Waals surface area contributed by atoms with E-state index in [4.69, 9.17) is 24.5 Å². The number of imidazole rings is 1. The number of rotatable bonds is 13. The van der Waals surface area contributed by atoms with E-state index in [9.17, 15) is 9.59 Å². The van der Waals surface area contributed by atoms with Crippen LogP contribution < -0.4 is 25.0 Å². The Balaban J connectivity index is 0.658. The topological polar surface area (TPSA) is 206 Å². The molecular formula is C55H52N15O4+. The first-order chi connectivity index (χ1) is 36.2. The van der Waals surface area contributed by atoms with Crippen molar-refractivity contribution in [3.05, 3.63) is 152 Å². The highest BCUT2D eigenvalue weighted by Crippen LogP contribution is 2.33. The maximum absolute atomic E-state index is 13.3. The number of amides is 2. The summed E-state index contributed by atoms with van der Waals surface area (Å²) in [5, 5.41) is 16.4. The number of anilines is 4. The Morgan fingerprint density at radius 3 is 1.89 bits per heavy atom. The molecule has 2 aliphatic heterocycles. The number of pyridine rings is 4. The van der Waals surface area contributed by atoms with E-state index < -0.39 is 0 Å². The van der Waals surface area contributed by atoms with E-state index >= 15 is 0 Å². The molecule has 10 heterocycles. The van der Waals surface area contributed by atoms with Gasteiger partial charge in [-0.1, -0.05) is 12.1 Å². The normalized spacial score (nSPS) is 15.0. The Labute approximate surface area is 424 Å². The zero-order chi connectivity index (χ0) is 50.1. The molecule has 19 heteroatoms. The lowest BCUT2D eigenvalue weighted by molar-refractivity contribution is -0.761. The quantitative estimate of drug-likeness (QED) is 0.0873. The molecule has 2 fully saturated rings. The molecule has 4 N–H and O–H groups in total. The molecule has 19 nitrogen and oxygen atoms in total. The number of nitrogens with one attached hydrogen (secondary N) is 4. The predicted molar refractivity (Wildman–Crippen MR) is 281 cm³/mol. The average molecular weight is 987 g/mol. The van der Waals surface area contributed by atoms with Crippen LogP contribution >= 0.6 is 0 Å². The number of hydrogen-bond acceptors (Lipinski definition) is 12. The van der Waals surface area contributed by atoms with Crippen LogP contribution in [0.2, 0.25) is 0 Å². The van der Waals surface area contributed by atoms with Gasteiger partial charge in [0.25, 0.3) is 6.23 Å². The van der Waals surface area contributed by atoms with Crippen LogP contribution in [0.4, 0.5) is 23.0 Å². The van der Waals surface area contributed by atoms with Gasteiger partial charge < -0.3 is 39.9 Å². The van der Waals surface area contributed by atoms with Gasteiger partial charge in [0, 0.05) is 121 Å². The molecule has 10 aromatic rings. The highest BCUT2D eigenvalue weighted by molar-refractivity contribution is 5.96. The number of carbonyl (C=O) groups excluding carboxylic acids is 2. The largest absolute Gasteiger partial charge is 0.378 e. The van der Waals surface area contributed by atoms with Gasteiger partial charge in [0.1, 0.15) is 23.7 Å². The lowest BCUT2D eigenvalue weighted by atomic mass is 10.1. The number of H-pyrrole nitrogens is 2. The van der Waals surface area contributed by atoms with Crippen molar-refractivity contribution >= 4 is 56.8 Å². The number of hydrogen-bond donors (Lipinski definition) is 4. The van der Waals surface area contributed by atoms with Crippen molar-refractivity contribution in [3.63, 3.8) is 0 Å². The van der Waals surface area contributed by atoms with E-state index in [0.29, 0.717) is 44.3 Å². The monoisotopic (exact) mass is 986 g/mol. The number of ether oxygens (including phenoxy) is 2. The molecule has 370 valence electrons. The minimum atomic E-state index is -0.251. The summed E-state index contributed by atoms with van der Waals surface area (Å²) in [5.41, 5.74) is 12.0. The predicted octanol–water partition coefficient (Wildman–Crippen LogP) is 6.89. The Bertz CT molecular complexity index is 3640. The molecule has 1 atom stereocenters. The second kappa shape index (κ2) is 19.9. The summed E-state index contributed by atoms with van der Waals surface area (Å²) in [7, 11) is 3.70. The van der Waals surface area contributed by atoms with Crippen molar-refractivity contribution in [2.45, 2.75) is 19.1 Å². The van der Waals surface area contributed by atoms with E-state index in [1.54, 1.807) is 28.0 Å². The minimum absolute atomic E-state index is 0.125. The molecule has 0 aliphatic carbocycles. The number of aromatic amines is 2. The summed E-state index contributed by atoms with van der Waals surface area (Å²) in [5.74, 6) is 2.20. The standard InChI is InChI=1S/C55H51N15O4/c1-66-41(29-47(64-66)36-11-17-56-18-12-36)31-49(71)59-39-7-3-35(4-8-39)46-33-43-44(61-46)13-19-57-54(43)70-25-28-74-51(34-70)68-21-15-37(16-22-68)48-30-42(67(2)65-48)32-50(72)60-40-9-5-38(6-10-40)53-62-45-14-20-58-55(52(45)63-53)69-23-26-73-27-24-69/h3-22,29-30,33,51,65H,23-28,31-32,34H2,1-2H3,(H2,56,57,58,59,60,61,62,63,64,71,72)/p+1. The number of morpholine rings is 2. The van der Waals surface area contributed by atoms with E-state index in [2.05, 4.69) is 56.1 Å². The molecule has 1 unspecified atom stereocenters. The summed E-state index contributed by atoms with van der Waals surface area (Å²) in [6.45, 7) is 4.69. The Morgan fingerprint density at radius 1 is 0.635 bits per heavy atom.